The summed E-state index contributed by atoms with van der Waals surface area (Å²) in [5.41, 5.74) is 3.60. The van der Waals surface area contributed by atoms with E-state index in [-0.39, 0.29) is 23.3 Å². The number of hydrazone groups is 1. The van der Waals surface area contributed by atoms with E-state index in [0.29, 0.717) is 27.6 Å². The van der Waals surface area contributed by atoms with E-state index in [1.54, 1.807) is 36.4 Å². The van der Waals surface area contributed by atoms with Gasteiger partial charge >= 0.3 is 0 Å². The van der Waals surface area contributed by atoms with Gasteiger partial charge < -0.3 is 9.47 Å². The molecule has 0 saturated carbocycles. The second-order valence-corrected chi connectivity index (χ2v) is 7.09. The van der Waals surface area contributed by atoms with Crippen LogP contribution >= 0.6 is 11.6 Å². The van der Waals surface area contributed by atoms with Gasteiger partial charge in [-0.25, -0.2) is 10.4 Å². The van der Waals surface area contributed by atoms with Gasteiger partial charge in [-0.2, -0.15) is 10.4 Å². The minimum atomic E-state index is -0.561. The minimum absolute atomic E-state index is 0.0642. The molecule has 0 aliphatic rings. The number of H-pyrrole nitrogens is 1. The van der Waals surface area contributed by atoms with Crippen LogP contribution in [0.25, 0.3) is 11.3 Å². The Morgan fingerprint density at radius 1 is 1.29 bits per heavy atom. The molecule has 31 heavy (non-hydrogen) atoms. The van der Waals surface area contributed by atoms with E-state index in [1.807, 2.05) is 26.0 Å². The Bertz CT molecular complexity index is 1200. The smallest absolute Gasteiger partial charge is 0.270 e. The number of hydrogen-bond donors (Lipinski definition) is 2. The Hall–Kier alpha value is -3.83. The molecule has 9 heteroatoms. The Labute approximate surface area is 184 Å². The number of halogens is 1. The van der Waals surface area contributed by atoms with Crippen molar-refractivity contribution in [3.63, 3.8) is 0 Å². The van der Waals surface area contributed by atoms with Crippen molar-refractivity contribution in [3.05, 3.63) is 69.0 Å². The fourth-order valence-electron chi connectivity index (χ4n) is 2.77. The standard InChI is InChI=1S/C22H20ClN5O3/c1-13(2)31-20-17(23)9-14(10-18(20)30-3)12-25-28-22-26-19(15-7-5-4-6-8-15)16(11-24)21(29)27-22/h4-10,12-13H,1-3H3,(H2,26,27,28,29). The minimum Gasteiger partial charge on any atom is -0.493 e. The van der Waals surface area contributed by atoms with Crippen LogP contribution in [-0.4, -0.2) is 29.4 Å². The predicted octanol–water partition coefficient (Wildman–Crippen LogP) is 4.20. The topological polar surface area (TPSA) is 112 Å². The molecule has 1 aromatic heterocycles. The summed E-state index contributed by atoms with van der Waals surface area (Å²) in [5, 5.41) is 13.8. The normalized spacial score (nSPS) is 10.8. The molecule has 0 bridgehead atoms. The number of nitrogens with zero attached hydrogens (tertiary/aromatic N) is 3. The van der Waals surface area contributed by atoms with E-state index in [1.165, 1.54) is 13.3 Å². The number of anilines is 1. The lowest BCUT2D eigenvalue weighted by atomic mass is 10.1. The zero-order valence-corrected chi connectivity index (χ0v) is 17.9. The maximum absolute atomic E-state index is 12.3. The molecule has 8 nitrogen and oxygen atoms in total. The SMILES string of the molecule is COc1cc(C=NNc2nc(-c3ccccc3)c(C#N)c(=O)[nH]2)cc(Cl)c1OC(C)C. The van der Waals surface area contributed by atoms with Crippen molar-refractivity contribution >= 4 is 23.8 Å². The van der Waals surface area contributed by atoms with E-state index < -0.39 is 5.56 Å². The lowest BCUT2D eigenvalue weighted by molar-refractivity contribution is 0.230. The van der Waals surface area contributed by atoms with E-state index in [9.17, 15) is 10.1 Å². The van der Waals surface area contributed by atoms with Crippen molar-refractivity contribution in [1.82, 2.24) is 9.97 Å². The van der Waals surface area contributed by atoms with Gasteiger partial charge in [0.2, 0.25) is 5.95 Å². The Kier molecular flexibility index (Phi) is 6.90. The number of nitriles is 1. The maximum atomic E-state index is 12.3. The Morgan fingerprint density at radius 2 is 2.03 bits per heavy atom. The summed E-state index contributed by atoms with van der Waals surface area (Å²) in [6, 6.07) is 14.3. The third kappa shape index (κ3) is 5.21. The third-order valence-corrected chi connectivity index (χ3v) is 4.35. The van der Waals surface area contributed by atoms with Gasteiger partial charge in [0.1, 0.15) is 11.6 Å². The average Bonchev–Trinajstić information content (AvgIpc) is 2.75. The van der Waals surface area contributed by atoms with Crippen LogP contribution in [0.5, 0.6) is 11.5 Å². The molecule has 0 aliphatic carbocycles. The number of hydrogen-bond acceptors (Lipinski definition) is 7. The quantitative estimate of drug-likeness (QED) is 0.423. The zero-order valence-electron chi connectivity index (χ0n) is 17.1. The first-order chi connectivity index (χ1) is 14.9. The first-order valence-corrected chi connectivity index (χ1v) is 9.73. The second kappa shape index (κ2) is 9.78. The summed E-state index contributed by atoms with van der Waals surface area (Å²) in [6.07, 6.45) is 1.43. The molecule has 2 aromatic carbocycles. The van der Waals surface area contributed by atoms with Crippen LogP contribution in [0.1, 0.15) is 25.0 Å². The number of methoxy groups -OCH3 is 1. The van der Waals surface area contributed by atoms with Crippen molar-refractivity contribution in [1.29, 1.82) is 5.26 Å². The van der Waals surface area contributed by atoms with Gasteiger partial charge in [0.05, 0.1) is 30.1 Å². The van der Waals surface area contributed by atoms with Gasteiger partial charge in [-0.1, -0.05) is 41.9 Å². The summed E-state index contributed by atoms with van der Waals surface area (Å²) in [5.74, 6) is 1.02. The fraction of sp³-hybridized carbons (Fsp3) is 0.182. The molecule has 1 heterocycles. The monoisotopic (exact) mass is 437 g/mol. The molecule has 0 spiro atoms. The molecule has 158 valence electrons. The molecule has 0 amide bonds. The number of aromatic amines is 1. The molecular weight excluding hydrogens is 418 g/mol. The highest BCUT2D eigenvalue weighted by atomic mass is 35.5. The average molecular weight is 438 g/mol. The van der Waals surface area contributed by atoms with Gasteiger partial charge in [-0.3, -0.25) is 9.78 Å². The molecule has 0 unspecified atom stereocenters. The van der Waals surface area contributed by atoms with Gasteiger partial charge in [-0.05, 0) is 31.5 Å². The van der Waals surface area contributed by atoms with Crippen molar-refractivity contribution in [2.75, 3.05) is 12.5 Å². The van der Waals surface area contributed by atoms with Crippen LogP contribution in [0.2, 0.25) is 5.02 Å². The number of benzene rings is 2. The number of rotatable bonds is 7. The van der Waals surface area contributed by atoms with Crippen LogP contribution in [0.4, 0.5) is 5.95 Å². The molecule has 0 aliphatic heterocycles. The molecule has 3 rings (SSSR count). The summed E-state index contributed by atoms with van der Waals surface area (Å²) < 4.78 is 11.0. The van der Waals surface area contributed by atoms with Crippen LogP contribution < -0.4 is 20.5 Å². The second-order valence-electron chi connectivity index (χ2n) is 6.69. The highest BCUT2D eigenvalue weighted by molar-refractivity contribution is 6.32. The molecule has 0 saturated heterocycles. The first-order valence-electron chi connectivity index (χ1n) is 9.36. The first kappa shape index (κ1) is 21.9. The molecule has 3 aromatic rings. The number of ether oxygens (including phenoxy) is 2. The molecule has 0 atom stereocenters. The molecular formula is C22H20ClN5O3. The van der Waals surface area contributed by atoms with Crippen molar-refractivity contribution in [3.8, 4) is 28.8 Å². The molecule has 2 N–H and O–H groups in total. The number of nitrogens with one attached hydrogen (secondary N) is 2. The third-order valence-electron chi connectivity index (χ3n) is 4.07. The van der Waals surface area contributed by atoms with Crippen molar-refractivity contribution < 1.29 is 9.47 Å². The van der Waals surface area contributed by atoms with Crippen molar-refractivity contribution in [2.45, 2.75) is 20.0 Å². The van der Waals surface area contributed by atoms with Gasteiger partial charge in [0.25, 0.3) is 5.56 Å². The summed E-state index contributed by atoms with van der Waals surface area (Å²) in [6.45, 7) is 3.79. The van der Waals surface area contributed by atoms with E-state index in [2.05, 4.69) is 20.5 Å². The van der Waals surface area contributed by atoms with Crippen LogP contribution in [-0.2, 0) is 0 Å². The Morgan fingerprint density at radius 3 is 2.68 bits per heavy atom. The zero-order chi connectivity index (χ0) is 22.4. The van der Waals surface area contributed by atoms with E-state index in [4.69, 9.17) is 21.1 Å². The van der Waals surface area contributed by atoms with Gasteiger partial charge in [0.15, 0.2) is 11.5 Å². The lowest BCUT2D eigenvalue weighted by Crippen LogP contribution is -2.16. The van der Waals surface area contributed by atoms with E-state index >= 15 is 0 Å². The molecule has 0 fully saturated rings. The Balaban J connectivity index is 1.88. The predicted molar refractivity (Wildman–Crippen MR) is 120 cm³/mol. The fourth-order valence-corrected chi connectivity index (χ4v) is 3.03. The molecule has 0 radical (unpaired) electrons. The van der Waals surface area contributed by atoms with Crippen LogP contribution in [0.3, 0.4) is 0 Å². The van der Waals surface area contributed by atoms with Gasteiger partial charge in [-0.15, -0.1) is 0 Å². The summed E-state index contributed by atoms with van der Waals surface area (Å²) >= 11 is 6.32. The summed E-state index contributed by atoms with van der Waals surface area (Å²) in [7, 11) is 1.52. The van der Waals surface area contributed by atoms with Crippen LogP contribution in [0, 0.1) is 11.3 Å². The number of aromatic nitrogens is 2. The lowest BCUT2D eigenvalue weighted by Gasteiger charge is -2.15. The van der Waals surface area contributed by atoms with Gasteiger partial charge in [0, 0.05) is 5.56 Å². The van der Waals surface area contributed by atoms with E-state index in [0.717, 1.165) is 0 Å². The largest absolute Gasteiger partial charge is 0.493 e. The maximum Gasteiger partial charge on any atom is 0.270 e. The highest BCUT2D eigenvalue weighted by Crippen LogP contribution is 2.36. The van der Waals surface area contributed by atoms with Crippen molar-refractivity contribution in [2.24, 2.45) is 5.10 Å². The highest BCUT2D eigenvalue weighted by Gasteiger charge is 2.14. The van der Waals surface area contributed by atoms with Crippen LogP contribution in [0.15, 0.2) is 52.4 Å². The summed E-state index contributed by atoms with van der Waals surface area (Å²) in [4.78, 5) is 19.1.